The van der Waals surface area contributed by atoms with Crippen LogP contribution in [0.15, 0.2) is 59.5 Å². The Labute approximate surface area is 149 Å². The fraction of sp³-hybridized carbons (Fsp3) is 0.150. The van der Waals surface area contributed by atoms with Crippen LogP contribution in [0.4, 0.5) is 4.39 Å². The molecular weight excluding hydrogens is 335 g/mol. The van der Waals surface area contributed by atoms with Crippen molar-refractivity contribution < 1.29 is 13.9 Å². The maximum Gasteiger partial charge on any atom is 0.345 e. The van der Waals surface area contributed by atoms with E-state index in [0.29, 0.717) is 22.5 Å². The van der Waals surface area contributed by atoms with Crippen LogP contribution in [0, 0.1) is 19.7 Å². The number of nitrogens with one attached hydrogen (secondary N) is 1. The number of pyridine rings is 2. The van der Waals surface area contributed by atoms with Crippen molar-refractivity contribution in [2.45, 2.75) is 20.0 Å². The van der Waals surface area contributed by atoms with Crippen LogP contribution in [-0.4, -0.2) is 15.9 Å². The molecule has 0 aliphatic heterocycles. The largest absolute Gasteiger partial charge is 0.447 e. The summed E-state index contributed by atoms with van der Waals surface area (Å²) in [5.74, 6) is -1.24. The second kappa shape index (κ2) is 7.31. The Balaban J connectivity index is 2.02. The third kappa shape index (κ3) is 3.69. The molecule has 1 aromatic carbocycles. The molecule has 0 aliphatic carbocycles. The maximum atomic E-state index is 13.7. The van der Waals surface area contributed by atoms with Gasteiger partial charge in [-0.3, -0.25) is 9.78 Å². The fourth-order valence-electron chi connectivity index (χ4n) is 2.77. The van der Waals surface area contributed by atoms with Gasteiger partial charge in [-0.05, 0) is 49.7 Å². The summed E-state index contributed by atoms with van der Waals surface area (Å²) < 4.78 is 19.2. The first-order valence-corrected chi connectivity index (χ1v) is 8.03. The van der Waals surface area contributed by atoms with E-state index in [0.717, 1.165) is 0 Å². The quantitative estimate of drug-likeness (QED) is 0.730. The monoisotopic (exact) mass is 352 g/mol. The SMILES string of the molecule is Cc1cc(C)c(C(=O)O[C@@H](c2cccc(F)c2)c2ccccn2)c(=O)[nH]1. The fourth-order valence-corrected chi connectivity index (χ4v) is 2.77. The highest BCUT2D eigenvalue weighted by molar-refractivity contribution is 5.90. The number of hydrogen-bond acceptors (Lipinski definition) is 4. The zero-order valence-corrected chi connectivity index (χ0v) is 14.3. The Morgan fingerprint density at radius 3 is 2.62 bits per heavy atom. The second-order valence-corrected chi connectivity index (χ2v) is 5.93. The lowest BCUT2D eigenvalue weighted by Crippen LogP contribution is -2.24. The highest BCUT2D eigenvalue weighted by Crippen LogP contribution is 2.26. The minimum Gasteiger partial charge on any atom is -0.447 e. The van der Waals surface area contributed by atoms with Crippen LogP contribution in [0.3, 0.4) is 0 Å². The highest BCUT2D eigenvalue weighted by atomic mass is 19.1. The molecule has 0 saturated carbocycles. The summed E-state index contributed by atoms with van der Waals surface area (Å²) >= 11 is 0. The number of aromatic nitrogens is 2. The molecule has 26 heavy (non-hydrogen) atoms. The van der Waals surface area contributed by atoms with Crippen molar-refractivity contribution in [3.05, 3.63) is 99.0 Å². The molecule has 2 aromatic heterocycles. The van der Waals surface area contributed by atoms with Gasteiger partial charge in [-0.25, -0.2) is 9.18 Å². The smallest absolute Gasteiger partial charge is 0.345 e. The zero-order chi connectivity index (χ0) is 18.7. The first kappa shape index (κ1) is 17.5. The van der Waals surface area contributed by atoms with Crippen LogP contribution in [0.5, 0.6) is 0 Å². The molecule has 0 aliphatic rings. The van der Waals surface area contributed by atoms with Gasteiger partial charge in [0.2, 0.25) is 0 Å². The van der Waals surface area contributed by atoms with Crippen molar-refractivity contribution in [3.63, 3.8) is 0 Å². The predicted octanol–water partition coefficient (Wildman–Crippen LogP) is 3.47. The van der Waals surface area contributed by atoms with E-state index < -0.39 is 23.4 Å². The van der Waals surface area contributed by atoms with Crippen molar-refractivity contribution in [1.29, 1.82) is 0 Å². The average molecular weight is 352 g/mol. The number of hydrogen-bond donors (Lipinski definition) is 1. The molecule has 132 valence electrons. The lowest BCUT2D eigenvalue weighted by molar-refractivity contribution is 0.0367. The molecule has 6 heteroatoms. The number of aryl methyl sites for hydroxylation is 2. The Kier molecular flexibility index (Phi) is 4.93. The number of halogens is 1. The molecule has 0 fully saturated rings. The molecule has 0 spiro atoms. The van der Waals surface area contributed by atoms with Crippen molar-refractivity contribution >= 4 is 5.97 Å². The van der Waals surface area contributed by atoms with E-state index in [1.54, 1.807) is 50.4 Å². The Bertz CT molecular complexity index is 999. The second-order valence-electron chi connectivity index (χ2n) is 5.93. The van der Waals surface area contributed by atoms with Crippen LogP contribution in [0.25, 0.3) is 0 Å². The third-order valence-electron chi connectivity index (χ3n) is 3.90. The van der Waals surface area contributed by atoms with Gasteiger partial charge in [-0.15, -0.1) is 0 Å². The summed E-state index contributed by atoms with van der Waals surface area (Å²) in [5.41, 5.74) is 1.43. The number of H-pyrrole nitrogens is 1. The van der Waals surface area contributed by atoms with Gasteiger partial charge in [0.25, 0.3) is 5.56 Å². The van der Waals surface area contributed by atoms with Crippen molar-refractivity contribution in [2.75, 3.05) is 0 Å². The molecule has 2 heterocycles. The van der Waals surface area contributed by atoms with Gasteiger partial charge >= 0.3 is 5.97 Å². The lowest BCUT2D eigenvalue weighted by Gasteiger charge is -2.18. The molecule has 0 saturated heterocycles. The summed E-state index contributed by atoms with van der Waals surface area (Å²) in [6, 6.07) is 12.6. The summed E-state index contributed by atoms with van der Waals surface area (Å²) in [6.45, 7) is 3.39. The number of carbonyl (C=O) groups is 1. The molecule has 0 unspecified atom stereocenters. The Morgan fingerprint density at radius 2 is 1.96 bits per heavy atom. The number of benzene rings is 1. The normalized spacial score (nSPS) is 11.8. The molecule has 0 amide bonds. The number of nitrogens with zero attached hydrogens (tertiary/aromatic N) is 1. The minimum atomic E-state index is -0.931. The van der Waals surface area contributed by atoms with Crippen molar-refractivity contribution in [3.8, 4) is 0 Å². The van der Waals surface area contributed by atoms with Crippen molar-refractivity contribution in [2.24, 2.45) is 0 Å². The number of aromatic amines is 1. The topological polar surface area (TPSA) is 72.0 Å². The number of rotatable bonds is 4. The van der Waals surface area contributed by atoms with Gasteiger partial charge in [-0.1, -0.05) is 18.2 Å². The standard InChI is InChI=1S/C20H17FN2O3/c1-12-10-13(2)23-19(24)17(12)20(25)26-18(16-8-3-4-9-22-16)14-6-5-7-15(21)11-14/h3-11,18H,1-2H3,(H,23,24)/t18-/m0/s1. The maximum absolute atomic E-state index is 13.7. The predicted molar refractivity (Wildman–Crippen MR) is 94.4 cm³/mol. The van der Waals surface area contributed by atoms with Gasteiger partial charge in [0.15, 0.2) is 6.10 Å². The van der Waals surface area contributed by atoms with Gasteiger partial charge in [0.05, 0.1) is 5.69 Å². The van der Waals surface area contributed by atoms with Gasteiger partial charge in [0.1, 0.15) is 11.4 Å². The molecule has 1 N–H and O–H groups in total. The van der Waals surface area contributed by atoms with Gasteiger partial charge in [-0.2, -0.15) is 0 Å². The van der Waals surface area contributed by atoms with Crippen LogP contribution in [-0.2, 0) is 4.74 Å². The highest BCUT2D eigenvalue weighted by Gasteiger charge is 2.24. The molecule has 0 bridgehead atoms. The lowest BCUT2D eigenvalue weighted by atomic mass is 10.1. The average Bonchev–Trinajstić information content (AvgIpc) is 2.59. The number of esters is 1. The summed E-state index contributed by atoms with van der Waals surface area (Å²) in [6.07, 6.45) is 0.624. The molecule has 3 aromatic rings. The number of carbonyl (C=O) groups excluding carboxylic acids is 1. The number of ether oxygens (including phenoxy) is 1. The molecule has 3 rings (SSSR count). The van der Waals surface area contributed by atoms with E-state index in [2.05, 4.69) is 9.97 Å². The van der Waals surface area contributed by atoms with E-state index in [1.165, 1.54) is 18.2 Å². The van der Waals surface area contributed by atoms with Crippen LogP contribution < -0.4 is 5.56 Å². The van der Waals surface area contributed by atoms with E-state index in [9.17, 15) is 14.0 Å². The minimum absolute atomic E-state index is 0.0760. The van der Waals surface area contributed by atoms with E-state index in [-0.39, 0.29) is 5.56 Å². The Morgan fingerprint density at radius 1 is 1.15 bits per heavy atom. The zero-order valence-electron chi connectivity index (χ0n) is 14.3. The molecular formula is C20H17FN2O3. The first-order valence-electron chi connectivity index (χ1n) is 8.03. The summed E-state index contributed by atoms with van der Waals surface area (Å²) in [7, 11) is 0. The Hall–Kier alpha value is -3.28. The van der Waals surface area contributed by atoms with Gasteiger partial charge < -0.3 is 9.72 Å². The van der Waals surface area contributed by atoms with E-state index in [4.69, 9.17) is 4.74 Å². The van der Waals surface area contributed by atoms with Crippen LogP contribution in [0.2, 0.25) is 0 Å². The summed E-state index contributed by atoms with van der Waals surface area (Å²) in [5, 5.41) is 0. The van der Waals surface area contributed by atoms with Crippen LogP contribution >= 0.6 is 0 Å². The van der Waals surface area contributed by atoms with E-state index in [1.807, 2.05) is 0 Å². The third-order valence-corrected chi connectivity index (χ3v) is 3.90. The van der Waals surface area contributed by atoms with Gasteiger partial charge in [0, 0.05) is 17.5 Å². The van der Waals surface area contributed by atoms with Crippen LogP contribution in [0.1, 0.15) is 39.0 Å². The van der Waals surface area contributed by atoms with E-state index >= 15 is 0 Å². The molecule has 1 atom stereocenters. The summed E-state index contributed by atoms with van der Waals surface area (Å²) in [4.78, 5) is 31.7. The molecule has 0 radical (unpaired) electrons. The van der Waals surface area contributed by atoms with Crippen molar-refractivity contribution in [1.82, 2.24) is 9.97 Å². The first-order chi connectivity index (χ1) is 12.5. The molecule has 5 nitrogen and oxygen atoms in total.